The maximum absolute atomic E-state index is 12.8. The molecule has 0 aliphatic heterocycles. The molecule has 5 heteroatoms. The smallest absolute Gasteiger partial charge is 0.241 e. The zero-order chi connectivity index (χ0) is 18.2. The molecule has 4 nitrogen and oxygen atoms in total. The van der Waals surface area contributed by atoms with Crippen LogP contribution in [0.5, 0.6) is 5.75 Å². The summed E-state index contributed by atoms with van der Waals surface area (Å²) in [4.78, 5) is 14.4. The molecule has 0 fully saturated rings. The van der Waals surface area contributed by atoms with Crippen molar-refractivity contribution in [1.29, 1.82) is 0 Å². The first-order valence-corrected chi connectivity index (χ1v) is 8.42. The third kappa shape index (κ3) is 5.87. The Bertz CT molecular complexity index is 688. The number of carbonyl (C=O) groups is 1. The Kier molecular flexibility index (Phi) is 6.95. The standard InChI is InChI=1S/C20H25FN2O2/c1-15-7-4-5-8-19(15)22-20(24)16(2)23(3)13-6-14-25-18-11-9-17(21)10-12-18/h4-5,7-12,16H,6,13-14H2,1-3H3,(H,22,24). The zero-order valence-electron chi connectivity index (χ0n) is 15.0. The second-order valence-corrected chi connectivity index (χ2v) is 6.12. The summed E-state index contributed by atoms with van der Waals surface area (Å²) in [5.74, 6) is 0.339. The van der Waals surface area contributed by atoms with E-state index in [1.54, 1.807) is 12.1 Å². The third-order valence-electron chi connectivity index (χ3n) is 4.18. The summed E-state index contributed by atoms with van der Waals surface area (Å²) >= 11 is 0. The number of ether oxygens (including phenoxy) is 1. The maximum Gasteiger partial charge on any atom is 0.241 e. The van der Waals surface area contributed by atoms with E-state index in [1.807, 2.05) is 50.1 Å². The molecule has 1 atom stereocenters. The van der Waals surface area contributed by atoms with E-state index >= 15 is 0 Å². The van der Waals surface area contributed by atoms with E-state index in [0.717, 1.165) is 24.2 Å². The number of hydrogen-bond donors (Lipinski definition) is 1. The molecule has 25 heavy (non-hydrogen) atoms. The van der Waals surface area contributed by atoms with Crippen LogP contribution in [0.15, 0.2) is 48.5 Å². The number of rotatable bonds is 8. The van der Waals surface area contributed by atoms with Crippen LogP contribution in [0, 0.1) is 12.7 Å². The first-order chi connectivity index (χ1) is 12.0. The molecule has 0 aromatic heterocycles. The predicted molar refractivity (Wildman–Crippen MR) is 98.4 cm³/mol. The van der Waals surface area contributed by atoms with E-state index < -0.39 is 0 Å². The van der Waals surface area contributed by atoms with Gasteiger partial charge in [0.1, 0.15) is 11.6 Å². The molecular weight excluding hydrogens is 319 g/mol. The van der Waals surface area contributed by atoms with Gasteiger partial charge in [-0.15, -0.1) is 0 Å². The number of amides is 1. The molecule has 1 N–H and O–H groups in total. The van der Waals surface area contributed by atoms with E-state index in [2.05, 4.69) is 5.32 Å². The van der Waals surface area contributed by atoms with Gasteiger partial charge >= 0.3 is 0 Å². The van der Waals surface area contributed by atoms with Crippen molar-refractivity contribution in [3.63, 3.8) is 0 Å². The Morgan fingerprint density at radius 2 is 1.88 bits per heavy atom. The van der Waals surface area contributed by atoms with Gasteiger partial charge in [-0.3, -0.25) is 9.69 Å². The van der Waals surface area contributed by atoms with Gasteiger partial charge in [0, 0.05) is 12.2 Å². The van der Waals surface area contributed by atoms with Gasteiger partial charge in [0.15, 0.2) is 0 Å². The molecule has 0 saturated heterocycles. The largest absolute Gasteiger partial charge is 0.494 e. The van der Waals surface area contributed by atoms with E-state index in [-0.39, 0.29) is 17.8 Å². The molecule has 0 aliphatic carbocycles. The fourth-order valence-corrected chi connectivity index (χ4v) is 2.38. The SMILES string of the molecule is Cc1ccccc1NC(=O)C(C)N(C)CCCOc1ccc(F)cc1. The minimum Gasteiger partial charge on any atom is -0.494 e. The maximum atomic E-state index is 12.8. The molecule has 134 valence electrons. The summed E-state index contributed by atoms with van der Waals surface area (Å²) in [6.07, 6.45) is 0.774. The minimum absolute atomic E-state index is 0.0312. The molecule has 0 saturated carbocycles. The highest BCUT2D eigenvalue weighted by atomic mass is 19.1. The van der Waals surface area contributed by atoms with Crippen molar-refractivity contribution in [3.8, 4) is 5.75 Å². The van der Waals surface area contributed by atoms with Gasteiger partial charge < -0.3 is 10.1 Å². The van der Waals surface area contributed by atoms with E-state index in [4.69, 9.17) is 4.74 Å². The Balaban J connectivity index is 1.73. The lowest BCUT2D eigenvalue weighted by Gasteiger charge is -2.24. The van der Waals surface area contributed by atoms with Crippen LogP contribution in [0.4, 0.5) is 10.1 Å². The first-order valence-electron chi connectivity index (χ1n) is 8.42. The van der Waals surface area contributed by atoms with Crippen molar-refractivity contribution in [3.05, 3.63) is 59.9 Å². The molecule has 2 rings (SSSR count). The monoisotopic (exact) mass is 344 g/mol. The van der Waals surface area contributed by atoms with Crippen LogP contribution in [-0.4, -0.2) is 37.0 Å². The van der Waals surface area contributed by atoms with Gasteiger partial charge in [-0.1, -0.05) is 18.2 Å². The molecule has 0 radical (unpaired) electrons. The Labute approximate surface area is 148 Å². The van der Waals surface area contributed by atoms with Gasteiger partial charge in [0.2, 0.25) is 5.91 Å². The summed E-state index contributed by atoms with van der Waals surface area (Å²) in [5, 5.41) is 2.97. The fourth-order valence-electron chi connectivity index (χ4n) is 2.38. The van der Waals surface area contributed by atoms with Gasteiger partial charge in [-0.2, -0.15) is 0 Å². The third-order valence-corrected chi connectivity index (χ3v) is 4.18. The summed E-state index contributed by atoms with van der Waals surface area (Å²) in [6, 6.07) is 13.4. The lowest BCUT2D eigenvalue weighted by Crippen LogP contribution is -2.40. The molecule has 1 unspecified atom stereocenters. The average molecular weight is 344 g/mol. The Morgan fingerprint density at radius 3 is 2.56 bits per heavy atom. The molecule has 2 aromatic carbocycles. The number of nitrogens with one attached hydrogen (secondary N) is 1. The topological polar surface area (TPSA) is 41.6 Å². The molecule has 0 heterocycles. The molecule has 0 bridgehead atoms. The molecular formula is C20H25FN2O2. The number of anilines is 1. The quantitative estimate of drug-likeness (QED) is 0.739. The number of likely N-dealkylation sites (N-methyl/N-ethyl adjacent to an activating group) is 1. The van der Waals surface area contributed by atoms with Crippen molar-refractivity contribution < 1.29 is 13.9 Å². The molecule has 0 aliphatic rings. The van der Waals surface area contributed by atoms with Crippen molar-refractivity contribution >= 4 is 11.6 Å². The van der Waals surface area contributed by atoms with Crippen LogP contribution in [0.1, 0.15) is 18.9 Å². The van der Waals surface area contributed by atoms with E-state index in [9.17, 15) is 9.18 Å². The van der Waals surface area contributed by atoms with Gasteiger partial charge in [-0.25, -0.2) is 4.39 Å². The Morgan fingerprint density at radius 1 is 1.20 bits per heavy atom. The summed E-state index contributed by atoms with van der Waals surface area (Å²) in [5.41, 5.74) is 1.88. The lowest BCUT2D eigenvalue weighted by molar-refractivity contribution is -0.120. The van der Waals surface area contributed by atoms with Crippen molar-refractivity contribution in [2.24, 2.45) is 0 Å². The van der Waals surface area contributed by atoms with Gasteiger partial charge in [-0.05, 0) is 63.2 Å². The highest BCUT2D eigenvalue weighted by Gasteiger charge is 2.18. The number of hydrogen-bond acceptors (Lipinski definition) is 3. The van der Waals surface area contributed by atoms with Crippen LogP contribution in [0.3, 0.4) is 0 Å². The Hall–Kier alpha value is -2.40. The van der Waals surface area contributed by atoms with Crippen molar-refractivity contribution in [1.82, 2.24) is 4.90 Å². The van der Waals surface area contributed by atoms with Crippen molar-refractivity contribution in [2.75, 3.05) is 25.5 Å². The number of nitrogens with zero attached hydrogens (tertiary/aromatic N) is 1. The predicted octanol–water partition coefficient (Wildman–Crippen LogP) is 3.86. The van der Waals surface area contributed by atoms with Crippen LogP contribution >= 0.6 is 0 Å². The number of benzene rings is 2. The summed E-state index contributed by atoms with van der Waals surface area (Å²) < 4.78 is 18.4. The number of para-hydroxylation sites is 1. The van der Waals surface area contributed by atoms with Gasteiger partial charge in [0.25, 0.3) is 0 Å². The van der Waals surface area contributed by atoms with Crippen LogP contribution < -0.4 is 10.1 Å². The summed E-state index contributed by atoms with van der Waals surface area (Å²) in [7, 11) is 1.92. The zero-order valence-corrected chi connectivity index (χ0v) is 15.0. The second-order valence-electron chi connectivity index (χ2n) is 6.12. The highest BCUT2D eigenvalue weighted by molar-refractivity contribution is 5.95. The fraction of sp³-hybridized carbons (Fsp3) is 0.350. The normalized spacial score (nSPS) is 12.0. The van der Waals surface area contributed by atoms with Gasteiger partial charge in [0.05, 0.1) is 12.6 Å². The average Bonchev–Trinajstić information content (AvgIpc) is 2.61. The van der Waals surface area contributed by atoms with E-state index in [0.29, 0.717) is 12.4 Å². The number of carbonyl (C=O) groups excluding carboxylic acids is 1. The first kappa shape index (κ1) is 18.9. The van der Waals surface area contributed by atoms with Crippen molar-refractivity contribution in [2.45, 2.75) is 26.3 Å². The minimum atomic E-state index is -0.277. The highest BCUT2D eigenvalue weighted by Crippen LogP contribution is 2.14. The van der Waals surface area contributed by atoms with E-state index in [1.165, 1.54) is 12.1 Å². The summed E-state index contributed by atoms with van der Waals surface area (Å²) in [6.45, 7) is 5.09. The molecule has 2 aromatic rings. The lowest BCUT2D eigenvalue weighted by atomic mass is 10.2. The van der Waals surface area contributed by atoms with Crippen LogP contribution in [0.2, 0.25) is 0 Å². The molecule has 0 spiro atoms. The van der Waals surface area contributed by atoms with Crippen LogP contribution in [-0.2, 0) is 4.79 Å². The van der Waals surface area contributed by atoms with Crippen LogP contribution in [0.25, 0.3) is 0 Å². The molecule has 1 amide bonds. The number of halogens is 1. The number of aryl methyl sites for hydroxylation is 1. The second kappa shape index (κ2) is 9.18.